The summed E-state index contributed by atoms with van der Waals surface area (Å²) in [5.41, 5.74) is 1.97. The smallest absolute Gasteiger partial charge is 0.295 e. The Bertz CT molecular complexity index is 1090. The Labute approximate surface area is 194 Å². The lowest BCUT2D eigenvalue weighted by molar-refractivity contribution is -0.140. The lowest BCUT2D eigenvalue weighted by Crippen LogP contribution is -2.38. The maximum absolute atomic E-state index is 14.9. The Morgan fingerprint density at radius 3 is 2.42 bits per heavy atom. The zero-order valence-corrected chi connectivity index (χ0v) is 19.8. The molecule has 0 saturated carbocycles. The second kappa shape index (κ2) is 10.2. The van der Waals surface area contributed by atoms with E-state index in [9.17, 15) is 19.1 Å². The van der Waals surface area contributed by atoms with Crippen molar-refractivity contribution in [2.45, 2.75) is 33.7 Å². The summed E-state index contributed by atoms with van der Waals surface area (Å²) in [4.78, 5) is 29.8. The van der Waals surface area contributed by atoms with Crippen LogP contribution in [-0.2, 0) is 9.59 Å². The van der Waals surface area contributed by atoms with Crippen LogP contribution in [0.4, 0.5) is 4.39 Å². The summed E-state index contributed by atoms with van der Waals surface area (Å²) in [5, 5.41) is 11.3. The molecule has 1 unspecified atom stereocenters. The first-order valence-electron chi connectivity index (χ1n) is 11.2. The number of ether oxygens (including phenoxy) is 1. The van der Waals surface area contributed by atoms with Crippen LogP contribution in [0.5, 0.6) is 5.75 Å². The van der Waals surface area contributed by atoms with Crippen molar-refractivity contribution in [3.05, 3.63) is 70.0 Å². The van der Waals surface area contributed by atoms with Crippen molar-refractivity contribution in [2.24, 2.45) is 0 Å². The summed E-state index contributed by atoms with van der Waals surface area (Å²) < 4.78 is 20.4. The molecule has 33 heavy (non-hydrogen) atoms. The number of halogens is 1. The van der Waals surface area contributed by atoms with Crippen LogP contribution in [0.1, 0.15) is 42.1 Å². The fraction of sp³-hybridized carbons (Fsp3) is 0.385. The Morgan fingerprint density at radius 2 is 1.82 bits per heavy atom. The quantitative estimate of drug-likeness (QED) is 0.368. The highest BCUT2D eigenvalue weighted by atomic mass is 19.1. The van der Waals surface area contributed by atoms with Gasteiger partial charge in [-0.3, -0.25) is 9.59 Å². The molecule has 0 bridgehead atoms. The lowest BCUT2D eigenvalue weighted by Gasteiger charge is -2.28. The minimum absolute atomic E-state index is 0.132. The van der Waals surface area contributed by atoms with E-state index >= 15 is 0 Å². The van der Waals surface area contributed by atoms with E-state index in [1.165, 1.54) is 18.1 Å². The predicted octanol–water partition coefficient (Wildman–Crippen LogP) is 4.21. The molecular formula is C26H31FN2O4. The number of methoxy groups -OCH3 is 1. The van der Waals surface area contributed by atoms with Crippen molar-refractivity contribution in [3.8, 4) is 5.75 Å². The summed E-state index contributed by atoms with van der Waals surface area (Å²) in [6, 6.07) is 8.59. The zero-order chi connectivity index (χ0) is 24.3. The maximum Gasteiger partial charge on any atom is 0.295 e. The third-order valence-corrected chi connectivity index (χ3v) is 6.17. The van der Waals surface area contributed by atoms with E-state index in [1.807, 2.05) is 33.8 Å². The predicted molar refractivity (Wildman–Crippen MR) is 126 cm³/mol. The maximum atomic E-state index is 14.9. The molecule has 0 aromatic heterocycles. The summed E-state index contributed by atoms with van der Waals surface area (Å²) in [6.45, 7) is 10.0. The number of carbonyl (C=O) groups excluding carboxylic acids is 2. The Hall–Kier alpha value is -3.19. The summed E-state index contributed by atoms with van der Waals surface area (Å²) in [7, 11) is 1.48. The number of amides is 1. The molecule has 2 aromatic rings. The molecule has 7 heteroatoms. The van der Waals surface area contributed by atoms with Crippen molar-refractivity contribution in [1.29, 1.82) is 0 Å². The van der Waals surface area contributed by atoms with Crippen LogP contribution in [0.25, 0.3) is 5.76 Å². The van der Waals surface area contributed by atoms with Gasteiger partial charge in [-0.15, -0.1) is 0 Å². The molecule has 0 aliphatic carbocycles. The number of aryl methyl sites for hydroxylation is 2. The van der Waals surface area contributed by atoms with E-state index < -0.39 is 23.5 Å². The SMILES string of the molecule is CCN(CC)CCN1C(=O)C(=O)/C(=C(/O)c2cc(C)cc(C)c2OC)C1c1ccccc1F. The van der Waals surface area contributed by atoms with Gasteiger partial charge < -0.3 is 19.6 Å². The van der Waals surface area contributed by atoms with Crippen LogP contribution < -0.4 is 4.74 Å². The summed E-state index contributed by atoms with van der Waals surface area (Å²) in [5.74, 6) is -2.09. The number of nitrogens with zero attached hydrogens (tertiary/aromatic N) is 2. The Morgan fingerprint density at radius 1 is 1.15 bits per heavy atom. The molecule has 0 spiro atoms. The molecule has 1 aliphatic heterocycles. The van der Waals surface area contributed by atoms with E-state index in [0.717, 1.165) is 24.2 Å². The van der Waals surface area contributed by atoms with Gasteiger partial charge in [-0.25, -0.2) is 4.39 Å². The highest BCUT2D eigenvalue weighted by molar-refractivity contribution is 6.46. The average Bonchev–Trinajstić information content (AvgIpc) is 3.04. The second-order valence-electron chi connectivity index (χ2n) is 8.20. The Kier molecular flexibility index (Phi) is 7.53. The van der Waals surface area contributed by atoms with Crippen molar-refractivity contribution in [2.75, 3.05) is 33.3 Å². The van der Waals surface area contributed by atoms with Gasteiger partial charge in [0.05, 0.1) is 24.3 Å². The van der Waals surface area contributed by atoms with Gasteiger partial charge in [0, 0.05) is 18.7 Å². The number of ketones is 1. The highest BCUT2D eigenvalue weighted by Gasteiger charge is 2.47. The third kappa shape index (κ3) is 4.64. The number of aliphatic hydroxyl groups is 1. The average molecular weight is 455 g/mol. The largest absolute Gasteiger partial charge is 0.507 e. The molecule has 1 N–H and O–H groups in total. The van der Waals surface area contributed by atoms with Crippen molar-refractivity contribution in [1.82, 2.24) is 9.80 Å². The number of rotatable bonds is 8. The number of hydrogen-bond acceptors (Lipinski definition) is 5. The van der Waals surface area contributed by atoms with Gasteiger partial charge in [-0.1, -0.05) is 38.1 Å². The molecule has 1 fully saturated rings. The van der Waals surface area contributed by atoms with Gasteiger partial charge in [0.2, 0.25) is 0 Å². The molecular weight excluding hydrogens is 423 g/mol. The molecule has 6 nitrogen and oxygen atoms in total. The summed E-state index contributed by atoms with van der Waals surface area (Å²) >= 11 is 0. The van der Waals surface area contributed by atoms with E-state index in [4.69, 9.17) is 4.74 Å². The van der Waals surface area contributed by atoms with Gasteiger partial charge in [-0.05, 0) is 50.2 Å². The molecule has 1 aliphatic rings. The number of likely N-dealkylation sites (N-methyl/N-ethyl adjacent to an activating group) is 1. The minimum atomic E-state index is -1.03. The summed E-state index contributed by atoms with van der Waals surface area (Å²) in [6.07, 6.45) is 0. The number of Topliss-reactive ketones (excluding diaryl/α,β-unsaturated/α-hetero) is 1. The molecule has 3 rings (SSSR count). The van der Waals surface area contributed by atoms with Gasteiger partial charge in [-0.2, -0.15) is 0 Å². The monoisotopic (exact) mass is 454 g/mol. The van der Waals surface area contributed by atoms with Crippen LogP contribution in [0.3, 0.4) is 0 Å². The van der Waals surface area contributed by atoms with Crippen LogP contribution in [-0.4, -0.2) is 59.9 Å². The van der Waals surface area contributed by atoms with E-state index in [1.54, 1.807) is 24.3 Å². The molecule has 0 radical (unpaired) electrons. The third-order valence-electron chi connectivity index (χ3n) is 6.17. The fourth-order valence-electron chi connectivity index (χ4n) is 4.47. The highest BCUT2D eigenvalue weighted by Crippen LogP contribution is 2.42. The van der Waals surface area contributed by atoms with Crippen LogP contribution in [0.2, 0.25) is 0 Å². The topological polar surface area (TPSA) is 70.1 Å². The van der Waals surface area contributed by atoms with Crippen molar-refractivity contribution >= 4 is 17.4 Å². The van der Waals surface area contributed by atoms with Gasteiger partial charge in [0.25, 0.3) is 11.7 Å². The second-order valence-corrected chi connectivity index (χ2v) is 8.20. The standard InChI is InChI=1S/C26H31FN2O4/c1-6-28(7-2)12-13-29-22(18-10-8-9-11-20(18)27)21(24(31)26(29)32)23(30)19-15-16(3)14-17(4)25(19)33-5/h8-11,14-15,22,30H,6-7,12-13H2,1-5H3/b23-21+. The van der Waals surface area contributed by atoms with Crippen LogP contribution in [0.15, 0.2) is 42.0 Å². The molecule has 1 atom stereocenters. The number of likely N-dealkylation sites (tertiary alicyclic amines) is 1. The molecule has 176 valence electrons. The molecule has 1 amide bonds. The van der Waals surface area contributed by atoms with E-state index in [-0.39, 0.29) is 23.4 Å². The normalized spacial score (nSPS) is 17.8. The zero-order valence-electron chi connectivity index (χ0n) is 19.8. The molecule has 1 heterocycles. The van der Waals surface area contributed by atoms with Gasteiger partial charge in [0.15, 0.2) is 0 Å². The lowest BCUT2D eigenvalue weighted by atomic mass is 9.93. The minimum Gasteiger partial charge on any atom is -0.507 e. The number of hydrogen-bond donors (Lipinski definition) is 1. The van der Waals surface area contributed by atoms with Crippen LogP contribution >= 0.6 is 0 Å². The van der Waals surface area contributed by atoms with E-state index in [0.29, 0.717) is 17.9 Å². The molecule has 1 saturated heterocycles. The van der Waals surface area contributed by atoms with Gasteiger partial charge in [0.1, 0.15) is 17.3 Å². The number of aliphatic hydroxyl groups excluding tert-OH is 1. The van der Waals surface area contributed by atoms with Gasteiger partial charge >= 0.3 is 0 Å². The fourth-order valence-corrected chi connectivity index (χ4v) is 4.47. The number of carbonyl (C=O) groups is 2. The van der Waals surface area contributed by atoms with Crippen molar-refractivity contribution in [3.63, 3.8) is 0 Å². The first-order valence-corrected chi connectivity index (χ1v) is 11.2. The van der Waals surface area contributed by atoms with Crippen molar-refractivity contribution < 1.29 is 23.8 Å². The first-order chi connectivity index (χ1) is 15.7. The first kappa shape index (κ1) is 24.5. The molecule has 2 aromatic carbocycles. The number of benzene rings is 2. The van der Waals surface area contributed by atoms with E-state index in [2.05, 4.69) is 4.90 Å². The van der Waals surface area contributed by atoms with Crippen LogP contribution in [0, 0.1) is 19.7 Å². The Balaban J connectivity index is 2.22.